The molecule has 1 aliphatic rings. The first-order valence-corrected chi connectivity index (χ1v) is 5.69. The quantitative estimate of drug-likeness (QED) is 0.828. The average molecular weight is 223 g/mol. The molecule has 88 valence electrons. The Balaban J connectivity index is 2.07. The van der Waals surface area contributed by atoms with Crippen molar-refractivity contribution in [3.63, 3.8) is 0 Å². The summed E-state index contributed by atoms with van der Waals surface area (Å²) in [4.78, 5) is 6.13. The molecule has 1 aromatic rings. The Bertz CT molecular complexity index is 359. The van der Waals surface area contributed by atoms with Gasteiger partial charge >= 0.3 is 0 Å². The minimum absolute atomic E-state index is 0.182. The van der Waals surface area contributed by atoms with E-state index in [1.807, 2.05) is 11.9 Å². The van der Waals surface area contributed by atoms with E-state index in [-0.39, 0.29) is 11.4 Å². The minimum Gasteiger partial charge on any atom is -0.354 e. The van der Waals surface area contributed by atoms with Crippen molar-refractivity contribution in [1.82, 2.24) is 10.3 Å². The average Bonchev–Trinajstić information content (AvgIpc) is 2.31. The van der Waals surface area contributed by atoms with Crippen LogP contribution in [0.25, 0.3) is 0 Å². The highest BCUT2D eigenvalue weighted by Crippen LogP contribution is 2.25. The Morgan fingerprint density at radius 2 is 2.12 bits per heavy atom. The zero-order chi connectivity index (χ0) is 11.6. The molecule has 0 bridgehead atoms. The first kappa shape index (κ1) is 11.3. The number of rotatable bonds is 2. The normalized spacial score (nSPS) is 19.8. The summed E-state index contributed by atoms with van der Waals surface area (Å²) in [5, 5.41) is 3.33. The standard InChI is InChI=1S/C12H18FN3/c1-12(14-2)5-8-16(9-6-12)11-10(13)4-3-7-15-11/h3-4,7,14H,5-6,8-9H2,1-2H3. The Kier molecular flexibility index (Phi) is 3.10. The Hall–Kier alpha value is -1.16. The van der Waals surface area contributed by atoms with Gasteiger partial charge in [0, 0.05) is 24.8 Å². The van der Waals surface area contributed by atoms with Crippen molar-refractivity contribution in [2.24, 2.45) is 0 Å². The van der Waals surface area contributed by atoms with Gasteiger partial charge in [-0.15, -0.1) is 0 Å². The van der Waals surface area contributed by atoms with Crippen molar-refractivity contribution in [2.45, 2.75) is 25.3 Å². The van der Waals surface area contributed by atoms with Crippen molar-refractivity contribution in [2.75, 3.05) is 25.0 Å². The van der Waals surface area contributed by atoms with Gasteiger partial charge in [-0.05, 0) is 38.9 Å². The van der Waals surface area contributed by atoms with Crippen LogP contribution >= 0.6 is 0 Å². The number of nitrogens with zero attached hydrogens (tertiary/aromatic N) is 2. The van der Waals surface area contributed by atoms with Crippen LogP contribution in [0.4, 0.5) is 10.2 Å². The lowest BCUT2D eigenvalue weighted by Gasteiger charge is -2.39. The van der Waals surface area contributed by atoms with Crippen molar-refractivity contribution in [3.8, 4) is 0 Å². The largest absolute Gasteiger partial charge is 0.354 e. The number of hydrogen-bond donors (Lipinski definition) is 1. The molecule has 1 N–H and O–H groups in total. The van der Waals surface area contributed by atoms with E-state index in [0.717, 1.165) is 25.9 Å². The summed E-state index contributed by atoms with van der Waals surface area (Å²) in [6.07, 6.45) is 3.67. The number of pyridine rings is 1. The molecular weight excluding hydrogens is 205 g/mol. The molecule has 1 saturated heterocycles. The molecule has 2 heterocycles. The summed E-state index contributed by atoms with van der Waals surface area (Å²) in [5.74, 6) is 0.260. The van der Waals surface area contributed by atoms with Gasteiger partial charge in [0.25, 0.3) is 0 Å². The monoisotopic (exact) mass is 223 g/mol. The molecule has 1 aliphatic heterocycles. The van der Waals surface area contributed by atoms with Crippen LogP contribution in [0.5, 0.6) is 0 Å². The van der Waals surface area contributed by atoms with Crippen LogP contribution in [0.15, 0.2) is 18.3 Å². The molecule has 0 amide bonds. The van der Waals surface area contributed by atoms with Crippen molar-refractivity contribution < 1.29 is 4.39 Å². The fourth-order valence-electron chi connectivity index (χ4n) is 2.07. The molecule has 0 spiro atoms. The van der Waals surface area contributed by atoms with Crippen molar-refractivity contribution in [3.05, 3.63) is 24.1 Å². The van der Waals surface area contributed by atoms with E-state index >= 15 is 0 Å². The second kappa shape index (κ2) is 4.37. The van der Waals surface area contributed by atoms with Crippen LogP contribution in [0.2, 0.25) is 0 Å². The van der Waals surface area contributed by atoms with Crippen LogP contribution < -0.4 is 10.2 Å². The highest BCUT2D eigenvalue weighted by Gasteiger charge is 2.29. The van der Waals surface area contributed by atoms with Crippen LogP contribution in [0, 0.1) is 5.82 Å². The molecule has 0 aliphatic carbocycles. The van der Waals surface area contributed by atoms with E-state index in [1.54, 1.807) is 12.3 Å². The van der Waals surface area contributed by atoms with Crippen molar-refractivity contribution >= 4 is 5.82 Å². The lowest BCUT2D eigenvalue weighted by atomic mass is 9.90. The van der Waals surface area contributed by atoms with E-state index in [9.17, 15) is 4.39 Å². The molecule has 0 unspecified atom stereocenters. The number of anilines is 1. The second-order valence-corrected chi connectivity index (χ2v) is 4.61. The highest BCUT2D eigenvalue weighted by atomic mass is 19.1. The summed E-state index contributed by atoms with van der Waals surface area (Å²) in [5.41, 5.74) is 0.182. The SMILES string of the molecule is CNC1(C)CCN(c2ncccc2F)CC1. The third-order valence-corrected chi connectivity index (χ3v) is 3.51. The first-order chi connectivity index (χ1) is 7.64. The van der Waals surface area contributed by atoms with Crippen LogP contribution in [0.3, 0.4) is 0 Å². The summed E-state index contributed by atoms with van der Waals surface area (Å²) in [6, 6.07) is 3.09. The van der Waals surface area contributed by atoms with Crippen LogP contribution in [-0.2, 0) is 0 Å². The lowest BCUT2D eigenvalue weighted by molar-refractivity contribution is 0.303. The third-order valence-electron chi connectivity index (χ3n) is 3.51. The van der Waals surface area contributed by atoms with Gasteiger partial charge in [-0.3, -0.25) is 0 Å². The number of nitrogens with one attached hydrogen (secondary N) is 1. The van der Waals surface area contributed by atoms with Gasteiger partial charge in [0.05, 0.1) is 0 Å². The van der Waals surface area contributed by atoms with Gasteiger partial charge in [0.15, 0.2) is 11.6 Å². The maximum atomic E-state index is 13.5. The zero-order valence-corrected chi connectivity index (χ0v) is 9.83. The second-order valence-electron chi connectivity index (χ2n) is 4.61. The topological polar surface area (TPSA) is 28.2 Å². The van der Waals surface area contributed by atoms with Gasteiger partial charge in [0.1, 0.15) is 0 Å². The van der Waals surface area contributed by atoms with Gasteiger partial charge in [-0.2, -0.15) is 0 Å². The number of piperidine rings is 1. The summed E-state index contributed by atoms with van der Waals surface area (Å²) in [6.45, 7) is 3.91. The minimum atomic E-state index is -0.226. The molecule has 1 aromatic heterocycles. The number of hydrogen-bond acceptors (Lipinski definition) is 3. The molecule has 0 radical (unpaired) electrons. The van der Waals surface area contributed by atoms with Crippen molar-refractivity contribution in [1.29, 1.82) is 0 Å². The molecule has 3 nitrogen and oxygen atoms in total. The molecule has 0 saturated carbocycles. The summed E-state index contributed by atoms with van der Waals surface area (Å²) >= 11 is 0. The van der Waals surface area contributed by atoms with Crippen LogP contribution in [0.1, 0.15) is 19.8 Å². The molecule has 0 atom stereocenters. The summed E-state index contributed by atoms with van der Waals surface area (Å²) in [7, 11) is 1.98. The predicted molar refractivity (Wildman–Crippen MR) is 63.1 cm³/mol. The molecule has 2 rings (SSSR count). The van der Waals surface area contributed by atoms with Gasteiger partial charge in [-0.1, -0.05) is 0 Å². The maximum Gasteiger partial charge on any atom is 0.165 e. The predicted octanol–water partition coefficient (Wildman–Crippen LogP) is 1.80. The maximum absolute atomic E-state index is 13.5. The van der Waals surface area contributed by atoms with E-state index in [0.29, 0.717) is 5.82 Å². The van der Waals surface area contributed by atoms with Gasteiger partial charge < -0.3 is 10.2 Å². The fourth-order valence-corrected chi connectivity index (χ4v) is 2.07. The fraction of sp³-hybridized carbons (Fsp3) is 0.583. The molecule has 16 heavy (non-hydrogen) atoms. The number of halogens is 1. The molecule has 0 aromatic carbocycles. The van der Waals surface area contributed by atoms with E-state index in [2.05, 4.69) is 17.2 Å². The molecule has 1 fully saturated rings. The van der Waals surface area contributed by atoms with Crippen LogP contribution in [-0.4, -0.2) is 30.7 Å². The first-order valence-electron chi connectivity index (χ1n) is 5.69. The molecular formula is C12H18FN3. The van der Waals surface area contributed by atoms with E-state index < -0.39 is 0 Å². The Labute approximate surface area is 95.7 Å². The molecule has 4 heteroatoms. The van der Waals surface area contributed by atoms with E-state index in [4.69, 9.17) is 0 Å². The summed E-state index contributed by atoms with van der Waals surface area (Å²) < 4.78 is 13.5. The lowest BCUT2D eigenvalue weighted by Crippen LogP contribution is -2.50. The van der Waals surface area contributed by atoms with Gasteiger partial charge in [0.2, 0.25) is 0 Å². The smallest absolute Gasteiger partial charge is 0.165 e. The zero-order valence-electron chi connectivity index (χ0n) is 9.83. The van der Waals surface area contributed by atoms with Gasteiger partial charge in [-0.25, -0.2) is 9.37 Å². The third kappa shape index (κ3) is 2.16. The Morgan fingerprint density at radius 1 is 1.44 bits per heavy atom. The number of aromatic nitrogens is 1. The van der Waals surface area contributed by atoms with E-state index in [1.165, 1.54) is 6.07 Å². The Morgan fingerprint density at radius 3 is 2.69 bits per heavy atom. The highest BCUT2D eigenvalue weighted by molar-refractivity contribution is 5.40.